The van der Waals surface area contributed by atoms with Crippen molar-refractivity contribution in [3.63, 3.8) is 0 Å². The average molecular weight is 374 g/mol. The number of hydrogen-bond donors (Lipinski definition) is 0. The molecule has 28 heavy (non-hydrogen) atoms. The second kappa shape index (κ2) is 7.70. The zero-order valence-electron chi connectivity index (χ0n) is 19.1. The second-order valence-corrected chi connectivity index (χ2v) is 8.99. The highest BCUT2D eigenvalue weighted by atomic mass is 14.9. The van der Waals surface area contributed by atoms with Gasteiger partial charge < -0.3 is 0 Å². The number of aromatic nitrogens is 1. The summed E-state index contributed by atoms with van der Waals surface area (Å²) in [6, 6.07) is 14.5. The van der Waals surface area contributed by atoms with Crippen molar-refractivity contribution in [2.45, 2.75) is 71.6 Å². The Hall–Kier alpha value is -2.15. The Balaban J connectivity index is 1.96. The fraction of sp³-hybridized carbons (Fsp3) is 0.444. The minimum Gasteiger partial charge on any atom is -0.198 e. The fourth-order valence-corrected chi connectivity index (χ4v) is 4.77. The highest BCUT2D eigenvalue weighted by molar-refractivity contribution is 5.94. The van der Waals surface area contributed by atoms with Gasteiger partial charge in [-0.2, -0.15) is 4.57 Å². The molecule has 1 aromatic heterocycles. The minimum absolute atomic E-state index is 0.466. The van der Waals surface area contributed by atoms with Crippen LogP contribution in [0.15, 0.2) is 42.4 Å². The number of nitrogens with zero attached hydrogens (tertiary/aromatic N) is 1. The van der Waals surface area contributed by atoms with E-state index in [1.807, 2.05) is 0 Å². The van der Waals surface area contributed by atoms with Crippen LogP contribution in [-0.4, -0.2) is 0 Å². The van der Waals surface area contributed by atoms with E-state index in [-0.39, 0.29) is 0 Å². The molecule has 1 heteroatoms. The summed E-state index contributed by atoms with van der Waals surface area (Å²) in [5.41, 5.74) is 7.70. The number of rotatable bonds is 3. The molecule has 1 fully saturated rings. The summed E-state index contributed by atoms with van der Waals surface area (Å²) in [5, 5.41) is 2.26. The SMILES string of the molecule is [2H]c1c(C)[n+](C)c(-c2cc(C3CCCCC3)ccc2C)c2ccc(C(C)C)cc12. The molecular weight excluding hydrogens is 338 g/mol. The summed E-state index contributed by atoms with van der Waals surface area (Å²) in [6.07, 6.45) is 6.73. The molecule has 0 bridgehead atoms. The van der Waals surface area contributed by atoms with Crippen LogP contribution in [0.1, 0.15) is 81.5 Å². The van der Waals surface area contributed by atoms with E-state index in [1.54, 1.807) is 0 Å². The number of hydrogen-bond acceptors (Lipinski definition) is 0. The van der Waals surface area contributed by atoms with E-state index in [9.17, 15) is 0 Å². The maximum absolute atomic E-state index is 8.76. The molecule has 0 atom stereocenters. The third-order valence-electron chi connectivity index (χ3n) is 6.71. The molecule has 0 amide bonds. The van der Waals surface area contributed by atoms with Crippen molar-refractivity contribution in [2.24, 2.45) is 7.05 Å². The predicted octanol–water partition coefficient (Wildman–Crippen LogP) is 7.12. The van der Waals surface area contributed by atoms with E-state index in [0.717, 1.165) is 11.1 Å². The predicted molar refractivity (Wildman–Crippen MR) is 120 cm³/mol. The van der Waals surface area contributed by atoms with Gasteiger partial charge in [0.1, 0.15) is 7.05 Å². The monoisotopic (exact) mass is 373 g/mol. The Bertz CT molecular complexity index is 1060. The molecule has 146 valence electrons. The van der Waals surface area contributed by atoms with E-state index in [0.29, 0.717) is 17.9 Å². The molecule has 4 rings (SSSR count). The topological polar surface area (TPSA) is 3.88 Å². The largest absolute Gasteiger partial charge is 0.220 e. The molecule has 1 saturated carbocycles. The van der Waals surface area contributed by atoms with Gasteiger partial charge in [0.15, 0.2) is 5.69 Å². The number of aryl methyl sites for hydroxylation is 1. The highest BCUT2D eigenvalue weighted by Crippen LogP contribution is 2.37. The van der Waals surface area contributed by atoms with E-state index in [2.05, 4.69) is 75.7 Å². The van der Waals surface area contributed by atoms with Crippen LogP contribution in [-0.2, 0) is 7.05 Å². The first-order valence-electron chi connectivity index (χ1n) is 11.4. The molecule has 1 aliphatic carbocycles. The molecule has 0 spiro atoms. The van der Waals surface area contributed by atoms with Crippen molar-refractivity contribution in [3.8, 4) is 11.3 Å². The van der Waals surface area contributed by atoms with Crippen molar-refractivity contribution in [3.05, 3.63) is 64.8 Å². The first kappa shape index (κ1) is 17.9. The smallest absolute Gasteiger partial charge is 0.198 e. The van der Waals surface area contributed by atoms with Crippen LogP contribution in [0.3, 0.4) is 0 Å². The Morgan fingerprint density at radius 1 is 1.00 bits per heavy atom. The van der Waals surface area contributed by atoms with Gasteiger partial charge in [-0.3, -0.25) is 0 Å². The summed E-state index contributed by atoms with van der Waals surface area (Å²) < 4.78 is 11.0. The lowest BCUT2D eigenvalue weighted by molar-refractivity contribution is -0.665. The van der Waals surface area contributed by atoms with Crippen molar-refractivity contribution < 1.29 is 5.94 Å². The van der Waals surface area contributed by atoms with Gasteiger partial charge in [0, 0.05) is 18.5 Å². The maximum Gasteiger partial charge on any atom is 0.220 e. The van der Waals surface area contributed by atoms with E-state index >= 15 is 0 Å². The van der Waals surface area contributed by atoms with Crippen molar-refractivity contribution in [1.29, 1.82) is 0 Å². The summed E-state index contributed by atoms with van der Waals surface area (Å²) in [7, 11) is 2.12. The van der Waals surface area contributed by atoms with E-state index in [1.165, 1.54) is 65.4 Å². The Labute approximate surface area is 171 Å². The second-order valence-electron chi connectivity index (χ2n) is 8.99. The van der Waals surface area contributed by atoms with Crippen LogP contribution < -0.4 is 4.57 Å². The zero-order chi connectivity index (χ0) is 20.7. The summed E-state index contributed by atoms with van der Waals surface area (Å²) in [6.45, 7) is 8.74. The Morgan fingerprint density at radius 3 is 2.46 bits per heavy atom. The van der Waals surface area contributed by atoms with Gasteiger partial charge in [0.2, 0.25) is 5.69 Å². The quantitative estimate of drug-likeness (QED) is 0.430. The number of pyridine rings is 1. The lowest BCUT2D eigenvalue weighted by Crippen LogP contribution is -2.35. The van der Waals surface area contributed by atoms with Gasteiger partial charge >= 0.3 is 0 Å². The molecule has 2 aromatic carbocycles. The molecule has 0 saturated heterocycles. The number of fused-ring (bicyclic) bond motifs is 1. The molecule has 1 nitrogen and oxygen atoms in total. The van der Waals surface area contributed by atoms with Gasteiger partial charge in [-0.1, -0.05) is 57.4 Å². The zero-order valence-corrected chi connectivity index (χ0v) is 18.1. The molecule has 1 heterocycles. The van der Waals surface area contributed by atoms with Crippen LogP contribution in [0.25, 0.3) is 22.0 Å². The Morgan fingerprint density at radius 2 is 1.75 bits per heavy atom. The summed E-state index contributed by atoms with van der Waals surface area (Å²) in [4.78, 5) is 0. The molecular formula is C27H34N+. The van der Waals surface area contributed by atoms with Crippen LogP contribution >= 0.6 is 0 Å². The lowest BCUT2D eigenvalue weighted by atomic mass is 9.82. The van der Waals surface area contributed by atoms with E-state index in [4.69, 9.17) is 1.37 Å². The molecule has 0 aliphatic heterocycles. The molecule has 0 radical (unpaired) electrons. The lowest BCUT2D eigenvalue weighted by Gasteiger charge is -2.23. The Kier molecular flexibility index (Phi) is 4.93. The minimum atomic E-state index is 0.466. The van der Waals surface area contributed by atoms with Crippen LogP contribution in [0.4, 0.5) is 0 Å². The van der Waals surface area contributed by atoms with E-state index < -0.39 is 0 Å². The molecule has 0 N–H and O–H groups in total. The fourth-order valence-electron chi connectivity index (χ4n) is 4.77. The molecule has 0 unspecified atom stereocenters. The summed E-state index contributed by atoms with van der Waals surface area (Å²) >= 11 is 0. The van der Waals surface area contributed by atoms with Crippen molar-refractivity contribution in [2.75, 3.05) is 0 Å². The molecule has 3 aromatic rings. The first-order chi connectivity index (χ1) is 13.9. The average Bonchev–Trinajstić information content (AvgIpc) is 2.74. The standard InChI is InChI=1S/C27H34N/c1-18(2)22-13-14-25-24(16-22)15-20(4)28(5)27(25)26-17-23(12-11-19(26)3)21-9-7-6-8-10-21/h11-18,21H,6-10H2,1-5H3/q+1/i15D. The third-order valence-corrected chi connectivity index (χ3v) is 6.71. The first-order valence-corrected chi connectivity index (χ1v) is 10.9. The normalized spacial score (nSPS) is 16.0. The van der Waals surface area contributed by atoms with Crippen LogP contribution in [0.2, 0.25) is 0 Å². The van der Waals surface area contributed by atoms with Gasteiger partial charge in [0.25, 0.3) is 0 Å². The van der Waals surface area contributed by atoms with Crippen LogP contribution in [0.5, 0.6) is 0 Å². The van der Waals surface area contributed by atoms with Crippen molar-refractivity contribution >= 4 is 10.8 Å². The van der Waals surface area contributed by atoms with Gasteiger partial charge in [-0.25, -0.2) is 0 Å². The molecule has 1 aliphatic rings. The van der Waals surface area contributed by atoms with Gasteiger partial charge in [-0.15, -0.1) is 0 Å². The summed E-state index contributed by atoms with van der Waals surface area (Å²) in [5.74, 6) is 1.16. The van der Waals surface area contributed by atoms with Crippen LogP contribution in [0, 0.1) is 13.8 Å². The van der Waals surface area contributed by atoms with Gasteiger partial charge in [0.05, 0.1) is 6.76 Å². The van der Waals surface area contributed by atoms with Crippen molar-refractivity contribution in [1.82, 2.24) is 0 Å². The number of benzene rings is 2. The maximum atomic E-state index is 8.76. The van der Waals surface area contributed by atoms with Gasteiger partial charge in [-0.05, 0) is 65.8 Å². The third kappa shape index (κ3) is 3.48. The highest BCUT2D eigenvalue weighted by Gasteiger charge is 2.22.